The van der Waals surface area contributed by atoms with Crippen LogP contribution in [0, 0.1) is 0 Å². The molecule has 0 aliphatic heterocycles. The summed E-state index contributed by atoms with van der Waals surface area (Å²) < 4.78 is 5.88. The first kappa shape index (κ1) is 16.8. The molecule has 134 valence electrons. The van der Waals surface area contributed by atoms with Gasteiger partial charge in [-0.25, -0.2) is 10.8 Å². The molecule has 0 fully saturated rings. The summed E-state index contributed by atoms with van der Waals surface area (Å²) in [6, 6.07) is 23.0. The highest BCUT2D eigenvalue weighted by atomic mass is 16.5. The molecule has 0 saturated carbocycles. The number of nitrogens with two attached hydrogens (primary N) is 1. The summed E-state index contributed by atoms with van der Waals surface area (Å²) in [4.78, 5) is 19.5. The Morgan fingerprint density at radius 1 is 1.04 bits per heavy atom. The van der Waals surface area contributed by atoms with E-state index >= 15 is 0 Å². The number of H-pyrrole nitrogens is 1. The number of nitrogens with one attached hydrogen (secondary N) is 2. The number of hydrazine groups is 1. The number of rotatable bonds is 5. The van der Waals surface area contributed by atoms with Gasteiger partial charge in [0.2, 0.25) is 0 Å². The van der Waals surface area contributed by atoms with Gasteiger partial charge in [-0.3, -0.25) is 10.2 Å². The molecule has 27 heavy (non-hydrogen) atoms. The lowest BCUT2D eigenvalue weighted by molar-refractivity contribution is 0.0954. The van der Waals surface area contributed by atoms with Gasteiger partial charge in [-0.1, -0.05) is 42.5 Å². The van der Waals surface area contributed by atoms with Crippen molar-refractivity contribution in [3.63, 3.8) is 0 Å². The van der Waals surface area contributed by atoms with E-state index in [1.54, 1.807) is 18.2 Å². The molecule has 0 atom stereocenters. The summed E-state index contributed by atoms with van der Waals surface area (Å²) >= 11 is 0. The van der Waals surface area contributed by atoms with Gasteiger partial charge in [0.15, 0.2) is 0 Å². The number of benzene rings is 3. The number of carbonyl (C=O) groups is 1. The van der Waals surface area contributed by atoms with Gasteiger partial charge in [0, 0.05) is 11.1 Å². The predicted octanol–water partition coefficient (Wildman–Crippen LogP) is 3.41. The van der Waals surface area contributed by atoms with Crippen molar-refractivity contribution in [1.29, 1.82) is 0 Å². The van der Waals surface area contributed by atoms with Gasteiger partial charge in [-0.2, -0.15) is 0 Å². The van der Waals surface area contributed by atoms with Crippen LogP contribution in [0.1, 0.15) is 15.9 Å². The van der Waals surface area contributed by atoms with Crippen LogP contribution in [0.5, 0.6) is 5.75 Å². The van der Waals surface area contributed by atoms with E-state index < -0.39 is 0 Å². The van der Waals surface area contributed by atoms with Crippen LogP contribution in [0.15, 0.2) is 72.8 Å². The van der Waals surface area contributed by atoms with Crippen LogP contribution in [0.25, 0.3) is 22.4 Å². The average Bonchev–Trinajstić information content (AvgIpc) is 3.16. The van der Waals surface area contributed by atoms with E-state index in [0.717, 1.165) is 27.9 Å². The van der Waals surface area contributed by atoms with Crippen molar-refractivity contribution in [2.45, 2.75) is 6.61 Å². The molecule has 4 rings (SSSR count). The van der Waals surface area contributed by atoms with E-state index in [0.29, 0.717) is 18.0 Å². The third-order valence-corrected chi connectivity index (χ3v) is 4.23. The van der Waals surface area contributed by atoms with Crippen LogP contribution >= 0.6 is 0 Å². The molecule has 3 aromatic carbocycles. The van der Waals surface area contributed by atoms with Gasteiger partial charge in [0.1, 0.15) is 18.2 Å². The Balaban J connectivity index is 1.58. The molecule has 1 amide bonds. The summed E-state index contributed by atoms with van der Waals surface area (Å²) in [5, 5.41) is 0. The van der Waals surface area contributed by atoms with Crippen molar-refractivity contribution in [2.24, 2.45) is 5.84 Å². The normalized spacial score (nSPS) is 10.7. The molecule has 0 aliphatic rings. The minimum absolute atomic E-state index is 0.343. The zero-order valence-electron chi connectivity index (χ0n) is 14.5. The fraction of sp³-hybridized carbons (Fsp3) is 0.0476. The van der Waals surface area contributed by atoms with Crippen molar-refractivity contribution in [3.05, 3.63) is 83.9 Å². The van der Waals surface area contributed by atoms with Gasteiger partial charge in [-0.15, -0.1) is 0 Å². The second-order valence-electron chi connectivity index (χ2n) is 6.09. The number of fused-ring (bicyclic) bond motifs is 1. The number of hydrogen-bond donors (Lipinski definition) is 3. The van der Waals surface area contributed by atoms with Crippen LogP contribution in [0.2, 0.25) is 0 Å². The summed E-state index contributed by atoms with van der Waals surface area (Å²) in [6.07, 6.45) is 0. The first-order valence-corrected chi connectivity index (χ1v) is 8.51. The fourth-order valence-electron chi connectivity index (χ4n) is 2.84. The number of amides is 1. The summed E-state index contributed by atoms with van der Waals surface area (Å²) in [6.45, 7) is 0.502. The number of hydrogen-bond acceptors (Lipinski definition) is 4. The van der Waals surface area contributed by atoms with E-state index in [1.807, 2.05) is 54.6 Å². The SMILES string of the molecule is NNC(=O)c1ccc2nc(-c3cccc(OCc4ccccc4)c3)[nH]c2c1. The fourth-order valence-corrected chi connectivity index (χ4v) is 2.84. The van der Waals surface area contributed by atoms with Gasteiger partial charge >= 0.3 is 0 Å². The Kier molecular flexibility index (Phi) is 4.55. The molecule has 4 N–H and O–H groups in total. The number of nitrogens with zero attached hydrogens (tertiary/aromatic N) is 1. The standard InChI is InChI=1S/C21H18N4O2/c22-25-21(26)16-9-10-18-19(12-16)24-20(23-18)15-7-4-8-17(11-15)27-13-14-5-2-1-3-6-14/h1-12H,13,22H2,(H,23,24)(H,25,26). The average molecular weight is 358 g/mol. The van der Waals surface area contributed by atoms with E-state index in [4.69, 9.17) is 10.6 Å². The smallest absolute Gasteiger partial charge is 0.265 e. The Hall–Kier alpha value is -3.64. The van der Waals surface area contributed by atoms with E-state index in [2.05, 4.69) is 15.4 Å². The number of aromatic amines is 1. The molecule has 0 radical (unpaired) electrons. The Labute approximate surface area is 156 Å². The Morgan fingerprint density at radius 2 is 1.89 bits per heavy atom. The lowest BCUT2D eigenvalue weighted by atomic mass is 10.2. The van der Waals surface area contributed by atoms with Crippen molar-refractivity contribution in [2.75, 3.05) is 0 Å². The zero-order chi connectivity index (χ0) is 18.6. The second kappa shape index (κ2) is 7.31. The topological polar surface area (TPSA) is 93.0 Å². The molecule has 4 aromatic rings. The lowest BCUT2D eigenvalue weighted by Crippen LogP contribution is -2.29. The first-order valence-electron chi connectivity index (χ1n) is 8.51. The summed E-state index contributed by atoms with van der Waals surface area (Å²) in [7, 11) is 0. The predicted molar refractivity (Wildman–Crippen MR) is 104 cm³/mol. The van der Waals surface area contributed by atoms with Crippen LogP contribution < -0.4 is 16.0 Å². The number of nitrogen functional groups attached to an aromatic ring is 1. The number of aromatic nitrogens is 2. The minimum atomic E-state index is -0.343. The molecule has 0 spiro atoms. The van der Waals surface area contributed by atoms with Gasteiger partial charge in [-0.05, 0) is 35.9 Å². The third-order valence-electron chi connectivity index (χ3n) is 4.23. The Morgan fingerprint density at radius 3 is 2.70 bits per heavy atom. The maximum Gasteiger partial charge on any atom is 0.265 e. The maximum absolute atomic E-state index is 11.7. The summed E-state index contributed by atoms with van der Waals surface area (Å²) in [5.74, 6) is 6.32. The monoisotopic (exact) mass is 358 g/mol. The quantitative estimate of drug-likeness (QED) is 0.289. The van der Waals surface area contributed by atoms with Crippen molar-refractivity contribution in [3.8, 4) is 17.1 Å². The van der Waals surface area contributed by atoms with Crippen molar-refractivity contribution < 1.29 is 9.53 Å². The van der Waals surface area contributed by atoms with Crippen molar-refractivity contribution in [1.82, 2.24) is 15.4 Å². The molecule has 6 nitrogen and oxygen atoms in total. The highest BCUT2D eigenvalue weighted by Gasteiger charge is 2.10. The van der Waals surface area contributed by atoms with Crippen LogP contribution in [-0.4, -0.2) is 15.9 Å². The van der Waals surface area contributed by atoms with E-state index in [9.17, 15) is 4.79 Å². The lowest BCUT2D eigenvalue weighted by Gasteiger charge is -2.07. The molecular weight excluding hydrogens is 340 g/mol. The number of ether oxygens (including phenoxy) is 1. The molecule has 1 heterocycles. The molecule has 0 saturated heterocycles. The first-order chi connectivity index (χ1) is 13.2. The molecule has 6 heteroatoms. The molecule has 0 bridgehead atoms. The number of carbonyl (C=O) groups excluding carboxylic acids is 1. The highest BCUT2D eigenvalue weighted by Crippen LogP contribution is 2.25. The Bertz CT molecular complexity index is 1090. The van der Waals surface area contributed by atoms with Crippen LogP contribution in [-0.2, 0) is 6.61 Å². The van der Waals surface area contributed by atoms with Crippen LogP contribution in [0.3, 0.4) is 0 Å². The second-order valence-corrected chi connectivity index (χ2v) is 6.09. The van der Waals surface area contributed by atoms with E-state index in [1.165, 1.54) is 0 Å². The summed E-state index contributed by atoms with van der Waals surface area (Å²) in [5.41, 5.74) is 6.15. The van der Waals surface area contributed by atoms with Gasteiger partial charge in [0.05, 0.1) is 11.0 Å². The third kappa shape index (κ3) is 3.65. The molecule has 0 aliphatic carbocycles. The van der Waals surface area contributed by atoms with Gasteiger partial charge in [0.25, 0.3) is 5.91 Å². The van der Waals surface area contributed by atoms with Crippen LogP contribution in [0.4, 0.5) is 0 Å². The van der Waals surface area contributed by atoms with Gasteiger partial charge < -0.3 is 9.72 Å². The maximum atomic E-state index is 11.7. The zero-order valence-corrected chi connectivity index (χ0v) is 14.5. The molecule has 0 unspecified atom stereocenters. The minimum Gasteiger partial charge on any atom is -0.489 e. The van der Waals surface area contributed by atoms with Crippen molar-refractivity contribution >= 4 is 16.9 Å². The largest absolute Gasteiger partial charge is 0.489 e. The van der Waals surface area contributed by atoms with E-state index in [-0.39, 0.29) is 5.91 Å². The molecule has 1 aromatic heterocycles. The number of imidazole rings is 1. The highest BCUT2D eigenvalue weighted by molar-refractivity contribution is 5.97. The molecular formula is C21H18N4O2.